The number of aromatic nitrogens is 2. The second-order valence-corrected chi connectivity index (χ2v) is 8.04. The number of esters is 1. The maximum absolute atomic E-state index is 12.8. The zero-order valence-corrected chi connectivity index (χ0v) is 18.4. The van der Waals surface area contributed by atoms with E-state index >= 15 is 0 Å². The molecule has 0 aliphatic rings. The molecule has 0 saturated carbocycles. The molecule has 0 fully saturated rings. The van der Waals surface area contributed by atoms with Crippen molar-refractivity contribution in [2.45, 2.75) is 5.92 Å². The summed E-state index contributed by atoms with van der Waals surface area (Å²) in [6, 6.07) is 23.2. The molecule has 4 aromatic rings. The summed E-state index contributed by atoms with van der Waals surface area (Å²) in [6.45, 7) is 0. The normalized spacial score (nSPS) is 12.0. The monoisotopic (exact) mass is 514 g/mol. The van der Waals surface area contributed by atoms with Crippen LogP contribution in [0.15, 0.2) is 72.8 Å². The topological polar surface area (TPSA) is 52.1 Å². The van der Waals surface area contributed by atoms with Crippen LogP contribution in [0.25, 0.3) is 22.2 Å². The minimum atomic E-state index is -0.580. The zero-order chi connectivity index (χ0) is 20.4. The van der Waals surface area contributed by atoms with E-state index in [1.807, 2.05) is 72.8 Å². The molecule has 3 aromatic carbocycles. The number of halogens is 2. The van der Waals surface area contributed by atoms with Crippen LogP contribution in [0, 0.1) is 3.57 Å². The largest absolute Gasteiger partial charge is 0.468 e. The van der Waals surface area contributed by atoms with Gasteiger partial charge in [-0.25, -0.2) is 9.97 Å². The molecule has 6 heteroatoms. The number of fused-ring (bicyclic) bond motifs is 1. The molecule has 0 bridgehead atoms. The number of nitrogens with zero attached hydrogens (tertiary/aromatic N) is 2. The predicted octanol–water partition coefficient (Wildman–Crippen LogP) is 5.86. The first-order valence-electron chi connectivity index (χ1n) is 8.93. The van der Waals surface area contributed by atoms with Crippen LogP contribution in [0.5, 0.6) is 0 Å². The maximum Gasteiger partial charge on any atom is 0.317 e. The van der Waals surface area contributed by atoms with E-state index in [0.717, 1.165) is 31.2 Å². The molecule has 0 amide bonds. The van der Waals surface area contributed by atoms with Crippen LogP contribution in [0.2, 0.25) is 5.28 Å². The van der Waals surface area contributed by atoms with Crippen LogP contribution in [0.3, 0.4) is 0 Å². The molecule has 1 unspecified atom stereocenters. The van der Waals surface area contributed by atoms with Crippen molar-refractivity contribution < 1.29 is 9.53 Å². The summed E-state index contributed by atoms with van der Waals surface area (Å²) in [4.78, 5) is 21.7. The highest BCUT2D eigenvalue weighted by Gasteiger charge is 2.27. The fourth-order valence-electron chi connectivity index (χ4n) is 3.45. The van der Waals surface area contributed by atoms with Crippen molar-refractivity contribution >= 4 is 51.1 Å². The van der Waals surface area contributed by atoms with Gasteiger partial charge in [0.15, 0.2) is 0 Å². The SMILES string of the molecule is COC(=O)C(c1ccccc1)c1ccccc1-c1nc(Cl)nc2ccc(I)cc12. The fraction of sp³-hybridized carbons (Fsp3) is 0.0870. The van der Waals surface area contributed by atoms with Crippen LogP contribution < -0.4 is 0 Å². The van der Waals surface area contributed by atoms with Crippen molar-refractivity contribution in [2.24, 2.45) is 0 Å². The van der Waals surface area contributed by atoms with Crippen LogP contribution in [0.1, 0.15) is 17.0 Å². The van der Waals surface area contributed by atoms with Gasteiger partial charge < -0.3 is 4.74 Å². The van der Waals surface area contributed by atoms with Crippen molar-refractivity contribution in [1.29, 1.82) is 0 Å². The summed E-state index contributed by atoms with van der Waals surface area (Å²) in [6.07, 6.45) is 0. The summed E-state index contributed by atoms with van der Waals surface area (Å²) in [5, 5.41) is 1.04. The number of benzene rings is 3. The lowest BCUT2D eigenvalue weighted by atomic mass is 9.86. The number of methoxy groups -OCH3 is 1. The smallest absolute Gasteiger partial charge is 0.317 e. The van der Waals surface area contributed by atoms with Crippen molar-refractivity contribution in [2.75, 3.05) is 7.11 Å². The summed E-state index contributed by atoms with van der Waals surface area (Å²) in [5.41, 5.74) is 3.93. The van der Waals surface area contributed by atoms with Crippen molar-refractivity contribution in [3.63, 3.8) is 0 Å². The highest BCUT2D eigenvalue weighted by molar-refractivity contribution is 14.1. The molecule has 1 heterocycles. The zero-order valence-electron chi connectivity index (χ0n) is 15.5. The first kappa shape index (κ1) is 19.8. The summed E-state index contributed by atoms with van der Waals surface area (Å²) in [5.74, 6) is -0.910. The molecule has 4 rings (SSSR count). The van der Waals surface area contributed by atoms with Gasteiger partial charge in [-0.15, -0.1) is 0 Å². The molecular weight excluding hydrogens is 499 g/mol. The Hall–Kier alpha value is -2.51. The third-order valence-corrected chi connectivity index (χ3v) is 5.57. The second kappa shape index (κ2) is 8.47. The molecule has 0 N–H and O–H groups in total. The Morgan fingerprint density at radius 1 is 1.00 bits per heavy atom. The van der Waals surface area contributed by atoms with E-state index in [-0.39, 0.29) is 11.3 Å². The third kappa shape index (κ3) is 3.97. The Morgan fingerprint density at radius 2 is 1.72 bits per heavy atom. The summed E-state index contributed by atoms with van der Waals surface area (Å²) >= 11 is 8.49. The molecule has 1 atom stereocenters. The van der Waals surface area contributed by atoms with E-state index in [1.54, 1.807) is 0 Å². The van der Waals surface area contributed by atoms with Gasteiger partial charge in [0.2, 0.25) is 5.28 Å². The number of carbonyl (C=O) groups excluding carboxylic acids is 1. The number of carbonyl (C=O) groups is 1. The van der Waals surface area contributed by atoms with E-state index < -0.39 is 5.92 Å². The average molecular weight is 515 g/mol. The molecule has 4 nitrogen and oxygen atoms in total. The van der Waals surface area contributed by atoms with Gasteiger partial charge in [-0.2, -0.15) is 0 Å². The van der Waals surface area contributed by atoms with Gasteiger partial charge in [-0.3, -0.25) is 4.79 Å². The van der Waals surface area contributed by atoms with Gasteiger partial charge >= 0.3 is 5.97 Å². The number of rotatable bonds is 4. The lowest BCUT2D eigenvalue weighted by molar-refractivity contribution is -0.141. The highest BCUT2D eigenvalue weighted by atomic mass is 127. The predicted molar refractivity (Wildman–Crippen MR) is 123 cm³/mol. The average Bonchev–Trinajstić information content (AvgIpc) is 2.75. The molecule has 0 aliphatic carbocycles. The van der Waals surface area contributed by atoms with Crippen LogP contribution >= 0.6 is 34.2 Å². The van der Waals surface area contributed by atoms with Gasteiger partial charge in [-0.1, -0.05) is 54.6 Å². The van der Waals surface area contributed by atoms with E-state index in [1.165, 1.54) is 7.11 Å². The van der Waals surface area contributed by atoms with E-state index in [9.17, 15) is 4.79 Å². The van der Waals surface area contributed by atoms with Gasteiger partial charge in [0, 0.05) is 14.5 Å². The lowest BCUT2D eigenvalue weighted by Crippen LogP contribution is -2.16. The second-order valence-electron chi connectivity index (χ2n) is 6.46. The molecule has 1 aromatic heterocycles. The standard InChI is InChI=1S/C23H16ClIN2O2/c1-29-22(28)20(14-7-3-2-4-8-14)16-9-5-6-10-17(16)21-18-13-15(25)11-12-19(18)26-23(24)27-21/h2-13,20H,1H3. The van der Waals surface area contributed by atoms with Gasteiger partial charge in [0.1, 0.15) is 5.92 Å². The molecule has 0 saturated heterocycles. The van der Waals surface area contributed by atoms with Gasteiger partial charge in [-0.05, 0) is 63.5 Å². The quantitative estimate of drug-likeness (QED) is 0.194. The molecular formula is C23H16ClIN2O2. The Balaban J connectivity index is 2.00. The number of hydrogen-bond acceptors (Lipinski definition) is 4. The maximum atomic E-state index is 12.8. The Kier molecular flexibility index (Phi) is 5.78. The van der Waals surface area contributed by atoms with Crippen molar-refractivity contribution in [3.05, 3.63) is 92.8 Å². The summed E-state index contributed by atoms with van der Waals surface area (Å²) < 4.78 is 6.21. The van der Waals surface area contributed by atoms with Gasteiger partial charge in [0.25, 0.3) is 0 Å². The molecule has 29 heavy (non-hydrogen) atoms. The Bertz CT molecular complexity index is 1200. The van der Waals surface area contributed by atoms with Crippen LogP contribution in [0.4, 0.5) is 0 Å². The first-order chi connectivity index (χ1) is 14.1. The van der Waals surface area contributed by atoms with E-state index in [2.05, 4.69) is 32.6 Å². The minimum Gasteiger partial charge on any atom is -0.468 e. The lowest BCUT2D eigenvalue weighted by Gasteiger charge is -2.19. The first-order valence-corrected chi connectivity index (χ1v) is 10.4. The van der Waals surface area contributed by atoms with Crippen LogP contribution in [-0.2, 0) is 9.53 Å². The Labute approximate surface area is 187 Å². The minimum absolute atomic E-state index is 0.165. The fourth-order valence-corrected chi connectivity index (χ4v) is 4.11. The molecule has 144 valence electrons. The van der Waals surface area contributed by atoms with Crippen molar-refractivity contribution in [1.82, 2.24) is 9.97 Å². The number of hydrogen-bond donors (Lipinski definition) is 0. The third-order valence-electron chi connectivity index (χ3n) is 4.73. The van der Waals surface area contributed by atoms with Crippen LogP contribution in [-0.4, -0.2) is 23.0 Å². The molecule has 0 spiro atoms. The highest BCUT2D eigenvalue weighted by Crippen LogP contribution is 2.37. The summed E-state index contributed by atoms with van der Waals surface area (Å²) in [7, 11) is 1.40. The van der Waals surface area contributed by atoms with E-state index in [0.29, 0.717) is 5.69 Å². The number of ether oxygens (including phenoxy) is 1. The molecule has 0 radical (unpaired) electrons. The Morgan fingerprint density at radius 3 is 2.48 bits per heavy atom. The van der Waals surface area contributed by atoms with E-state index in [4.69, 9.17) is 16.3 Å². The molecule has 0 aliphatic heterocycles. The van der Waals surface area contributed by atoms with Gasteiger partial charge in [0.05, 0.1) is 18.3 Å². The van der Waals surface area contributed by atoms with Crippen molar-refractivity contribution in [3.8, 4) is 11.3 Å².